The number of rotatable bonds is 5. The van der Waals surface area contributed by atoms with Gasteiger partial charge in [0.25, 0.3) is 0 Å². The summed E-state index contributed by atoms with van der Waals surface area (Å²) in [4.78, 5) is 10.6. The third-order valence-corrected chi connectivity index (χ3v) is 14.2. The third kappa shape index (κ3) is 5.32. The minimum atomic E-state index is -0.487. The lowest BCUT2D eigenvalue weighted by Gasteiger charge is -2.30. The first kappa shape index (κ1) is 36.8. The highest BCUT2D eigenvalue weighted by Gasteiger charge is 2.52. The quantitative estimate of drug-likeness (QED) is 0.173. The van der Waals surface area contributed by atoms with Gasteiger partial charge in [0.2, 0.25) is 0 Å². The van der Waals surface area contributed by atoms with Gasteiger partial charge in [0.15, 0.2) is 5.82 Å². The predicted octanol–water partition coefficient (Wildman–Crippen LogP) is 15.7. The highest BCUT2D eigenvalue weighted by molar-refractivity contribution is 6.13. The van der Waals surface area contributed by atoms with Crippen LogP contribution >= 0.6 is 0 Å². The van der Waals surface area contributed by atoms with Gasteiger partial charge in [-0.25, -0.2) is 9.97 Å². The topological polar surface area (TPSA) is 30.7 Å². The summed E-state index contributed by atoms with van der Waals surface area (Å²) in [5, 5.41) is 4.96. The van der Waals surface area contributed by atoms with Crippen molar-refractivity contribution in [1.29, 1.82) is 0 Å². The van der Waals surface area contributed by atoms with Gasteiger partial charge in [0.05, 0.1) is 27.8 Å². The molecule has 0 atom stereocenters. The summed E-state index contributed by atoms with van der Waals surface area (Å²) < 4.78 is 2.46. The number of para-hydroxylation sites is 1. The molecule has 2 aliphatic rings. The normalized spacial score (nSPS) is 13.0. The molecule has 0 aliphatic heterocycles. The summed E-state index contributed by atoms with van der Waals surface area (Å²) in [5.41, 5.74) is 20.6. The fourth-order valence-electron chi connectivity index (χ4n) is 11.3. The van der Waals surface area contributed by atoms with Gasteiger partial charge in [-0.15, -0.1) is 0 Å². The standard InChI is InChI=1S/C63H39N3/c1-3-17-40(18-4-1)42-23-15-24-45(33-42)59-39-58(41-19-5-2-6-20-41)64-62(65-59)46-25-16-26-47(34-46)66-60-32-14-11-29-50(60)53-37-52-51-35-43-21-7-8-22-44(43)36-56(51)63(57(52)38-61(53)66)54-30-12-9-27-48(54)49-28-10-13-31-55(49)63/h1-39H. The SMILES string of the molecule is c1ccc(-c2cccc(-c3cc(-c4ccccc4)nc(-c4cccc(-n5c6ccccc6c6cc7c(cc65)C5(c6ccccc6-c6ccccc65)c5cc6ccccc6cc5-7)c4)n3)c2)cc1. The molecule has 3 nitrogen and oxygen atoms in total. The summed E-state index contributed by atoms with van der Waals surface area (Å²) in [5.74, 6) is 0.681. The van der Waals surface area contributed by atoms with Gasteiger partial charge in [-0.05, 0) is 121 Å². The van der Waals surface area contributed by atoms with Crippen molar-refractivity contribution < 1.29 is 0 Å². The van der Waals surface area contributed by atoms with E-state index in [0.717, 1.165) is 44.8 Å². The molecule has 14 rings (SSSR count). The van der Waals surface area contributed by atoms with Gasteiger partial charge in [0.1, 0.15) is 0 Å². The number of hydrogen-bond donors (Lipinski definition) is 0. The molecule has 0 N–H and O–H groups in total. The summed E-state index contributed by atoms with van der Waals surface area (Å²) in [6.07, 6.45) is 0. The zero-order chi connectivity index (χ0) is 43.3. The zero-order valence-corrected chi connectivity index (χ0v) is 35.9. The first-order valence-corrected chi connectivity index (χ1v) is 22.7. The van der Waals surface area contributed by atoms with Crippen LogP contribution in [0.15, 0.2) is 237 Å². The molecule has 2 aromatic heterocycles. The molecule has 1 spiro atoms. The van der Waals surface area contributed by atoms with Gasteiger partial charge in [-0.3, -0.25) is 0 Å². The van der Waals surface area contributed by atoms with E-state index >= 15 is 0 Å². The Bertz CT molecular complexity index is 3890. The smallest absolute Gasteiger partial charge is 0.160 e. The van der Waals surface area contributed by atoms with Crippen molar-refractivity contribution in [3.05, 3.63) is 259 Å². The Morgan fingerprint density at radius 1 is 0.303 bits per heavy atom. The summed E-state index contributed by atoms with van der Waals surface area (Å²) in [7, 11) is 0. The van der Waals surface area contributed by atoms with E-state index in [4.69, 9.17) is 9.97 Å². The molecule has 2 heterocycles. The second-order valence-electron chi connectivity index (χ2n) is 17.7. The maximum atomic E-state index is 5.34. The molecule has 0 amide bonds. The molecule has 12 aromatic rings. The van der Waals surface area contributed by atoms with Crippen LogP contribution < -0.4 is 0 Å². The molecule has 0 fully saturated rings. The number of hydrogen-bond acceptors (Lipinski definition) is 2. The second kappa shape index (κ2) is 14.2. The minimum absolute atomic E-state index is 0.487. The predicted molar refractivity (Wildman–Crippen MR) is 272 cm³/mol. The Kier molecular flexibility index (Phi) is 7.90. The van der Waals surface area contributed by atoms with E-state index in [1.807, 2.05) is 6.07 Å². The van der Waals surface area contributed by atoms with Gasteiger partial charge >= 0.3 is 0 Å². The van der Waals surface area contributed by atoms with Crippen LogP contribution in [0, 0.1) is 0 Å². The van der Waals surface area contributed by atoms with Crippen LogP contribution in [0.3, 0.4) is 0 Å². The largest absolute Gasteiger partial charge is 0.309 e. The first-order chi connectivity index (χ1) is 32.7. The van der Waals surface area contributed by atoms with Gasteiger partial charge < -0.3 is 4.57 Å². The van der Waals surface area contributed by atoms with E-state index < -0.39 is 5.41 Å². The van der Waals surface area contributed by atoms with Crippen molar-refractivity contribution in [3.63, 3.8) is 0 Å². The molecule has 0 saturated carbocycles. The molecule has 0 radical (unpaired) electrons. The van der Waals surface area contributed by atoms with E-state index in [1.54, 1.807) is 0 Å². The molecule has 3 heteroatoms. The summed E-state index contributed by atoms with van der Waals surface area (Å²) in [6.45, 7) is 0. The van der Waals surface area contributed by atoms with Crippen molar-refractivity contribution in [3.8, 4) is 73.0 Å². The monoisotopic (exact) mass is 837 g/mol. The zero-order valence-electron chi connectivity index (χ0n) is 35.9. The molecular formula is C63H39N3. The van der Waals surface area contributed by atoms with Crippen LogP contribution in [0.1, 0.15) is 22.3 Å². The van der Waals surface area contributed by atoms with Crippen LogP contribution in [0.4, 0.5) is 0 Å². The van der Waals surface area contributed by atoms with Crippen molar-refractivity contribution >= 4 is 32.6 Å². The Balaban J connectivity index is 1.00. The number of fused-ring (bicyclic) bond motifs is 14. The van der Waals surface area contributed by atoms with E-state index in [1.165, 1.54) is 77.1 Å². The Hall–Kier alpha value is -8.66. The van der Waals surface area contributed by atoms with Crippen LogP contribution in [-0.4, -0.2) is 14.5 Å². The van der Waals surface area contributed by atoms with Crippen molar-refractivity contribution in [2.45, 2.75) is 5.41 Å². The highest BCUT2D eigenvalue weighted by atomic mass is 15.0. The summed E-state index contributed by atoms with van der Waals surface area (Å²) >= 11 is 0. The second-order valence-corrected chi connectivity index (χ2v) is 17.7. The van der Waals surface area contributed by atoms with Gasteiger partial charge in [-0.2, -0.15) is 0 Å². The molecule has 0 saturated heterocycles. The molecular weight excluding hydrogens is 799 g/mol. The average molecular weight is 838 g/mol. The average Bonchev–Trinajstić information content (AvgIpc) is 3.98. The maximum absolute atomic E-state index is 5.34. The molecule has 0 bridgehead atoms. The Morgan fingerprint density at radius 3 is 1.64 bits per heavy atom. The molecule has 10 aromatic carbocycles. The van der Waals surface area contributed by atoms with Crippen LogP contribution in [-0.2, 0) is 5.41 Å². The van der Waals surface area contributed by atoms with E-state index in [-0.39, 0.29) is 0 Å². The molecule has 306 valence electrons. The van der Waals surface area contributed by atoms with E-state index in [9.17, 15) is 0 Å². The van der Waals surface area contributed by atoms with Crippen LogP contribution in [0.5, 0.6) is 0 Å². The van der Waals surface area contributed by atoms with E-state index in [0.29, 0.717) is 5.82 Å². The van der Waals surface area contributed by atoms with Crippen molar-refractivity contribution in [2.24, 2.45) is 0 Å². The lowest BCUT2D eigenvalue weighted by atomic mass is 9.70. The molecule has 0 unspecified atom stereocenters. The lowest BCUT2D eigenvalue weighted by Crippen LogP contribution is -2.25. The van der Waals surface area contributed by atoms with Crippen molar-refractivity contribution in [2.75, 3.05) is 0 Å². The van der Waals surface area contributed by atoms with Crippen LogP contribution in [0.2, 0.25) is 0 Å². The van der Waals surface area contributed by atoms with Crippen LogP contribution in [0.25, 0.3) is 106 Å². The highest BCUT2D eigenvalue weighted by Crippen LogP contribution is 2.64. The molecule has 66 heavy (non-hydrogen) atoms. The maximum Gasteiger partial charge on any atom is 0.160 e. The number of benzene rings is 10. The van der Waals surface area contributed by atoms with Crippen molar-refractivity contribution in [1.82, 2.24) is 14.5 Å². The first-order valence-electron chi connectivity index (χ1n) is 22.7. The minimum Gasteiger partial charge on any atom is -0.309 e. The lowest BCUT2D eigenvalue weighted by molar-refractivity contribution is 0.795. The Labute approximate surface area is 382 Å². The van der Waals surface area contributed by atoms with Gasteiger partial charge in [0, 0.05) is 33.2 Å². The fraction of sp³-hybridized carbons (Fsp3) is 0.0159. The number of nitrogens with zero attached hydrogens (tertiary/aromatic N) is 3. The van der Waals surface area contributed by atoms with Gasteiger partial charge in [-0.1, -0.05) is 182 Å². The summed E-state index contributed by atoms with van der Waals surface area (Å²) in [6, 6.07) is 86.3. The fourth-order valence-corrected chi connectivity index (χ4v) is 11.3. The molecule has 2 aliphatic carbocycles. The number of aromatic nitrogens is 3. The Morgan fingerprint density at radius 2 is 0.864 bits per heavy atom. The third-order valence-electron chi connectivity index (χ3n) is 14.2. The van der Waals surface area contributed by atoms with E-state index in [2.05, 4.69) is 235 Å².